The van der Waals surface area contributed by atoms with Gasteiger partial charge in [-0.15, -0.1) is 0 Å². The number of unbranched alkanes of at least 4 members (excludes halogenated alkanes) is 1. The molecule has 1 heterocycles. The highest BCUT2D eigenvalue weighted by atomic mass is 16.6. The zero-order valence-corrected chi connectivity index (χ0v) is 13.5. The summed E-state index contributed by atoms with van der Waals surface area (Å²) in [6.07, 6.45) is 1.77. The van der Waals surface area contributed by atoms with Crippen LogP contribution in [0.25, 0.3) is 0 Å². The Morgan fingerprint density at radius 2 is 1.79 bits per heavy atom. The number of hydrogen-bond donors (Lipinski definition) is 0. The number of cyclic esters (lactones) is 1. The van der Waals surface area contributed by atoms with Crippen molar-refractivity contribution in [2.24, 2.45) is 0 Å². The molecule has 1 saturated heterocycles. The first-order chi connectivity index (χ1) is 11.6. The molecule has 2 unspecified atom stereocenters. The number of para-hydroxylation sites is 1. The summed E-state index contributed by atoms with van der Waals surface area (Å²) in [6.45, 7) is 2.06. The van der Waals surface area contributed by atoms with Gasteiger partial charge in [-0.25, -0.2) is 0 Å². The Bertz CT molecular complexity index is 759. The molecule has 2 aromatic rings. The molecule has 0 N–H and O–H groups in total. The van der Waals surface area contributed by atoms with Crippen LogP contribution in [0, 0.1) is 10.1 Å². The van der Waals surface area contributed by atoms with E-state index in [4.69, 9.17) is 4.74 Å². The van der Waals surface area contributed by atoms with E-state index in [1.165, 1.54) is 6.07 Å². The van der Waals surface area contributed by atoms with Gasteiger partial charge in [-0.2, -0.15) is 0 Å². The normalized spacial score (nSPS) is 22.5. The van der Waals surface area contributed by atoms with Crippen molar-refractivity contribution in [1.82, 2.24) is 0 Å². The van der Waals surface area contributed by atoms with Gasteiger partial charge in [-0.3, -0.25) is 14.9 Å². The van der Waals surface area contributed by atoms with E-state index in [0.717, 1.165) is 18.4 Å². The van der Waals surface area contributed by atoms with Crippen molar-refractivity contribution in [3.63, 3.8) is 0 Å². The Hall–Kier alpha value is -2.69. The van der Waals surface area contributed by atoms with Crippen LogP contribution in [0.4, 0.5) is 5.69 Å². The Labute approximate surface area is 140 Å². The van der Waals surface area contributed by atoms with E-state index in [2.05, 4.69) is 6.92 Å². The maximum Gasteiger partial charge on any atom is 0.321 e. The summed E-state index contributed by atoms with van der Waals surface area (Å²) in [7, 11) is 0. The van der Waals surface area contributed by atoms with Gasteiger partial charge in [0.2, 0.25) is 0 Å². The number of rotatable bonds is 6. The van der Waals surface area contributed by atoms with E-state index >= 15 is 0 Å². The minimum absolute atomic E-state index is 0.00759. The Balaban J connectivity index is 2.11. The van der Waals surface area contributed by atoms with Gasteiger partial charge in [-0.1, -0.05) is 62.2 Å². The summed E-state index contributed by atoms with van der Waals surface area (Å²) >= 11 is 0. The molecule has 0 spiro atoms. The average Bonchev–Trinajstić information content (AvgIpc) is 2.61. The molecular weight excluding hydrogens is 306 g/mol. The van der Waals surface area contributed by atoms with Crippen LogP contribution in [0.3, 0.4) is 0 Å². The van der Waals surface area contributed by atoms with Crippen LogP contribution >= 0.6 is 0 Å². The number of benzene rings is 2. The van der Waals surface area contributed by atoms with Crippen LogP contribution in [0.15, 0.2) is 54.6 Å². The molecule has 3 rings (SSSR count). The third kappa shape index (κ3) is 2.46. The number of hydrogen-bond acceptors (Lipinski definition) is 4. The molecule has 2 atom stereocenters. The summed E-state index contributed by atoms with van der Waals surface area (Å²) in [6, 6.07) is 15.9. The topological polar surface area (TPSA) is 69.4 Å². The first kappa shape index (κ1) is 16.2. The highest BCUT2D eigenvalue weighted by molar-refractivity contribution is 5.90. The molecule has 24 heavy (non-hydrogen) atoms. The van der Waals surface area contributed by atoms with Crippen LogP contribution in [0.5, 0.6) is 0 Å². The summed E-state index contributed by atoms with van der Waals surface area (Å²) in [5, 5.41) is 11.4. The molecule has 0 aromatic heterocycles. The minimum Gasteiger partial charge on any atom is -0.455 e. The molecule has 0 bridgehead atoms. The van der Waals surface area contributed by atoms with Gasteiger partial charge in [0.1, 0.15) is 5.41 Å². The van der Waals surface area contributed by atoms with Crippen LogP contribution in [-0.4, -0.2) is 10.9 Å². The Morgan fingerprint density at radius 1 is 1.12 bits per heavy atom. The zero-order chi connectivity index (χ0) is 17.2. The fourth-order valence-corrected chi connectivity index (χ4v) is 3.40. The lowest BCUT2D eigenvalue weighted by atomic mass is 9.66. The van der Waals surface area contributed by atoms with Crippen molar-refractivity contribution in [2.45, 2.75) is 37.7 Å². The molecule has 0 amide bonds. The van der Waals surface area contributed by atoms with Crippen LogP contribution < -0.4 is 0 Å². The largest absolute Gasteiger partial charge is 0.455 e. The molecule has 5 nitrogen and oxygen atoms in total. The van der Waals surface area contributed by atoms with Crippen LogP contribution in [0.1, 0.15) is 43.4 Å². The standard InChI is InChI=1S/C19H19NO4/c1-2-3-13-19(14-9-5-4-6-10-14)17(24-18(19)21)15-11-7-8-12-16(15)20(22)23/h4-12,17H,2-3,13H2,1H3. The molecular formula is C19H19NO4. The van der Waals surface area contributed by atoms with Gasteiger partial charge in [0, 0.05) is 6.07 Å². The fraction of sp³-hybridized carbons (Fsp3) is 0.316. The zero-order valence-electron chi connectivity index (χ0n) is 13.5. The first-order valence-corrected chi connectivity index (χ1v) is 8.11. The summed E-state index contributed by atoms with van der Waals surface area (Å²) < 4.78 is 5.44. The summed E-state index contributed by atoms with van der Waals surface area (Å²) in [5.74, 6) is -0.301. The molecule has 1 fully saturated rings. The number of esters is 1. The highest BCUT2D eigenvalue weighted by Crippen LogP contribution is 2.54. The molecule has 0 radical (unpaired) electrons. The van der Waals surface area contributed by atoms with Gasteiger partial charge in [-0.05, 0) is 18.1 Å². The van der Waals surface area contributed by atoms with Crippen LogP contribution in [-0.2, 0) is 14.9 Å². The lowest BCUT2D eigenvalue weighted by molar-refractivity contribution is -0.386. The number of nitrogens with zero attached hydrogens (tertiary/aromatic N) is 1. The van der Waals surface area contributed by atoms with Gasteiger partial charge in [0.25, 0.3) is 5.69 Å². The molecule has 0 saturated carbocycles. The molecule has 1 aliphatic rings. The molecule has 1 aliphatic heterocycles. The highest BCUT2D eigenvalue weighted by Gasteiger charge is 2.60. The van der Waals surface area contributed by atoms with Gasteiger partial charge in [0.05, 0.1) is 10.5 Å². The maximum atomic E-state index is 12.5. The number of ether oxygens (including phenoxy) is 1. The summed E-state index contributed by atoms with van der Waals surface area (Å²) in [4.78, 5) is 23.5. The second-order valence-corrected chi connectivity index (χ2v) is 6.04. The van der Waals surface area contributed by atoms with E-state index in [9.17, 15) is 14.9 Å². The van der Waals surface area contributed by atoms with Crippen molar-refractivity contribution in [1.29, 1.82) is 0 Å². The van der Waals surface area contributed by atoms with Crippen molar-refractivity contribution >= 4 is 11.7 Å². The Kier molecular flexibility index (Phi) is 4.34. The smallest absolute Gasteiger partial charge is 0.321 e. The average molecular weight is 325 g/mol. The van der Waals surface area contributed by atoms with Crippen molar-refractivity contribution in [3.8, 4) is 0 Å². The van der Waals surface area contributed by atoms with Gasteiger partial charge >= 0.3 is 5.97 Å². The molecule has 5 heteroatoms. The first-order valence-electron chi connectivity index (χ1n) is 8.11. The number of carbonyl (C=O) groups excluding carboxylic acids is 1. The van der Waals surface area contributed by atoms with E-state index in [1.807, 2.05) is 30.3 Å². The number of carbonyl (C=O) groups is 1. The predicted molar refractivity (Wildman–Crippen MR) is 89.6 cm³/mol. The summed E-state index contributed by atoms with van der Waals surface area (Å²) in [5.41, 5.74) is 0.468. The SMILES string of the molecule is CCCCC1(c2ccccc2)C(=O)OC1c1ccccc1[N+](=O)[O-]. The molecule has 124 valence electrons. The van der Waals surface area contributed by atoms with Crippen molar-refractivity contribution in [3.05, 3.63) is 75.8 Å². The number of nitro groups is 1. The fourth-order valence-electron chi connectivity index (χ4n) is 3.40. The lowest BCUT2D eigenvalue weighted by Crippen LogP contribution is -2.54. The van der Waals surface area contributed by atoms with E-state index in [-0.39, 0.29) is 11.7 Å². The minimum atomic E-state index is -0.844. The van der Waals surface area contributed by atoms with Gasteiger partial charge < -0.3 is 4.74 Å². The van der Waals surface area contributed by atoms with E-state index in [1.54, 1.807) is 18.2 Å². The van der Waals surface area contributed by atoms with Crippen molar-refractivity contribution in [2.75, 3.05) is 0 Å². The third-order valence-electron chi connectivity index (χ3n) is 4.67. The monoisotopic (exact) mass is 325 g/mol. The van der Waals surface area contributed by atoms with E-state index in [0.29, 0.717) is 12.0 Å². The maximum absolute atomic E-state index is 12.5. The Morgan fingerprint density at radius 3 is 2.42 bits per heavy atom. The molecule has 0 aliphatic carbocycles. The molecule has 2 aromatic carbocycles. The predicted octanol–water partition coefficient (Wildman–Crippen LogP) is 4.32. The van der Waals surface area contributed by atoms with Gasteiger partial charge in [0.15, 0.2) is 6.10 Å². The van der Waals surface area contributed by atoms with Crippen LogP contribution in [0.2, 0.25) is 0 Å². The van der Waals surface area contributed by atoms with E-state index < -0.39 is 16.4 Å². The lowest BCUT2D eigenvalue weighted by Gasteiger charge is -2.47. The van der Waals surface area contributed by atoms with Crippen molar-refractivity contribution < 1.29 is 14.5 Å². The number of nitro benzene ring substituents is 1. The third-order valence-corrected chi connectivity index (χ3v) is 4.67. The quantitative estimate of drug-likeness (QED) is 0.450. The second kappa shape index (κ2) is 6.43. The second-order valence-electron chi connectivity index (χ2n) is 6.04.